The monoisotopic (exact) mass is 288 g/mol. The van der Waals surface area contributed by atoms with E-state index >= 15 is 0 Å². The molecule has 0 saturated carbocycles. The van der Waals surface area contributed by atoms with Gasteiger partial charge < -0.3 is 10.1 Å². The van der Waals surface area contributed by atoms with Gasteiger partial charge in [0.15, 0.2) is 6.04 Å². The summed E-state index contributed by atoms with van der Waals surface area (Å²) >= 11 is 0. The molecule has 1 unspecified atom stereocenters. The highest BCUT2D eigenvalue weighted by Crippen LogP contribution is 2.14. The number of benzene rings is 1. The second-order valence-electron chi connectivity index (χ2n) is 4.34. The number of amides is 1. The third kappa shape index (κ3) is 4.13. The molecule has 110 valence electrons. The van der Waals surface area contributed by atoms with E-state index in [-0.39, 0.29) is 12.3 Å². The molecule has 0 bridgehead atoms. The van der Waals surface area contributed by atoms with Crippen LogP contribution in [0.1, 0.15) is 18.0 Å². The number of hydrogen-bond donors (Lipinski definition) is 1. The molecule has 1 heterocycles. The van der Waals surface area contributed by atoms with Gasteiger partial charge in [-0.1, -0.05) is 30.3 Å². The van der Waals surface area contributed by atoms with Gasteiger partial charge in [0.1, 0.15) is 12.7 Å². The molecule has 1 atom stereocenters. The van der Waals surface area contributed by atoms with Crippen LogP contribution >= 0.6 is 0 Å². The smallest absolute Gasteiger partial charge is 0.333 e. The van der Waals surface area contributed by atoms with Gasteiger partial charge in [-0.15, -0.1) is 0 Å². The number of aromatic nitrogens is 3. The Morgan fingerprint density at radius 2 is 2.10 bits per heavy atom. The predicted molar refractivity (Wildman–Crippen MR) is 74.0 cm³/mol. The lowest BCUT2D eigenvalue weighted by atomic mass is 10.1. The van der Waals surface area contributed by atoms with E-state index in [1.807, 2.05) is 6.07 Å². The van der Waals surface area contributed by atoms with E-state index in [0.29, 0.717) is 12.1 Å². The number of aryl methyl sites for hydroxylation is 1. The molecule has 21 heavy (non-hydrogen) atoms. The van der Waals surface area contributed by atoms with Crippen LogP contribution < -0.4 is 5.32 Å². The van der Waals surface area contributed by atoms with Gasteiger partial charge in [-0.2, -0.15) is 5.10 Å². The maximum absolute atomic E-state index is 12.0. The van der Waals surface area contributed by atoms with Crippen molar-refractivity contribution in [1.82, 2.24) is 20.1 Å². The molecule has 1 amide bonds. The number of hydrogen-bond acceptors (Lipinski definition) is 5. The Labute approximate surface area is 121 Å². The number of carbonyl (C=O) groups is 2. The summed E-state index contributed by atoms with van der Waals surface area (Å²) in [5.74, 6) is -0.764. The van der Waals surface area contributed by atoms with E-state index in [4.69, 9.17) is 4.74 Å². The van der Waals surface area contributed by atoms with Crippen LogP contribution in [0, 0.1) is 0 Å². The summed E-state index contributed by atoms with van der Waals surface area (Å²) in [6.45, 7) is 0.397. The molecule has 1 aromatic heterocycles. The van der Waals surface area contributed by atoms with E-state index in [1.54, 1.807) is 28.9 Å². The lowest BCUT2D eigenvalue weighted by molar-refractivity contribution is -0.145. The minimum Gasteiger partial charge on any atom is -0.467 e. The third-order valence-corrected chi connectivity index (χ3v) is 2.91. The second-order valence-corrected chi connectivity index (χ2v) is 4.34. The summed E-state index contributed by atoms with van der Waals surface area (Å²) in [5.41, 5.74) is 0.679. The molecule has 0 aliphatic carbocycles. The summed E-state index contributed by atoms with van der Waals surface area (Å²) in [5, 5.41) is 6.58. The van der Waals surface area contributed by atoms with Crippen molar-refractivity contribution in [3.63, 3.8) is 0 Å². The van der Waals surface area contributed by atoms with Crippen molar-refractivity contribution in [1.29, 1.82) is 0 Å². The molecule has 0 fully saturated rings. The first-order valence-corrected chi connectivity index (χ1v) is 6.45. The number of nitrogens with zero attached hydrogens (tertiary/aromatic N) is 3. The van der Waals surface area contributed by atoms with Gasteiger partial charge in [0.2, 0.25) is 5.91 Å². The van der Waals surface area contributed by atoms with Crippen LogP contribution in [0.15, 0.2) is 43.0 Å². The average molecular weight is 288 g/mol. The average Bonchev–Trinajstić information content (AvgIpc) is 3.04. The summed E-state index contributed by atoms with van der Waals surface area (Å²) in [6, 6.07) is 8.15. The largest absolute Gasteiger partial charge is 0.467 e. The summed E-state index contributed by atoms with van der Waals surface area (Å²) in [6.07, 6.45) is 3.13. The van der Waals surface area contributed by atoms with Gasteiger partial charge in [-0.25, -0.2) is 9.78 Å². The van der Waals surface area contributed by atoms with Gasteiger partial charge in [-0.3, -0.25) is 9.48 Å². The number of esters is 1. The van der Waals surface area contributed by atoms with Crippen LogP contribution in [-0.4, -0.2) is 33.8 Å². The Kier molecular flexibility index (Phi) is 5.03. The van der Waals surface area contributed by atoms with Crippen molar-refractivity contribution < 1.29 is 14.3 Å². The highest BCUT2D eigenvalue weighted by Gasteiger charge is 2.23. The molecule has 0 saturated heterocycles. The van der Waals surface area contributed by atoms with Crippen molar-refractivity contribution >= 4 is 11.9 Å². The van der Waals surface area contributed by atoms with E-state index in [1.165, 1.54) is 19.8 Å². The first-order chi connectivity index (χ1) is 10.2. The van der Waals surface area contributed by atoms with Crippen molar-refractivity contribution in [3.8, 4) is 0 Å². The van der Waals surface area contributed by atoms with Gasteiger partial charge in [0.05, 0.1) is 13.7 Å². The normalized spacial score (nSPS) is 11.7. The molecule has 1 aromatic carbocycles. The molecular weight excluding hydrogens is 272 g/mol. The number of carbonyl (C=O) groups excluding carboxylic acids is 2. The first kappa shape index (κ1) is 14.7. The minimum atomic E-state index is -0.806. The maximum atomic E-state index is 12.0. The zero-order valence-corrected chi connectivity index (χ0v) is 11.6. The van der Waals surface area contributed by atoms with Crippen LogP contribution in [0.5, 0.6) is 0 Å². The van der Waals surface area contributed by atoms with E-state index < -0.39 is 12.0 Å². The van der Waals surface area contributed by atoms with Gasteiger partial charge in [0, 0.05) is 6.42 Å². The van der Waals surface area contributed by atoms with Crippen molar-refractivity contribution in [3.05, 3.63) is 48.5 Å². The highest BCUT2D eigenvalue weighted by atomic mass is 16.5. The number of methoxy groups -OCH3 is 1. The fraction of sp³-hybridized carbons (Fsp3) is 0.286. The fourth-order valence-corrected chi connectivity index (χ4v) is 1.84. The molecule has 2 aromatic rings. The molecule has 7 nitrogen and oxygen atoms in total. The van der Waals surface area contributed by atoms with Crippen LogP contribution in [0.4, 0.5) is 0 Å². The quantitative estimate of drug-likeness (QED) is 0.791. The van der Waals surface area contributed by atoms with E-state index in [2.05, 4.69) is 15.4 Å². The highest BCUT2D eigenvalue weighted by molar-refractivity contribution is 5.85. The Morgan fingerprint density at radius 1 is 1.33 bits per heavy atom. The molecule has 2 rings (SSSR count). The van der Waals surface area contributed by atoms with Crippen LogP contribution in [-0.2, 0) is 20.9 Å². The van der Waals surface area contributed by atoms with E-state index in [0.717, 1.165) is 0 Å². The molecule has 0 aliphatic rings. The zero-order valence-electron chi connectivity index (χ0n) is 11.6. The van der Waals surface area contributed by atoms with Gasteiger partial charge >= 0.3 is 5.97 Å². The lowest BCUT2D eigenvalue weighted by Crippen LogP contribution is -2.35. The summed E-state index contributed by atoms with van der Waals surface area (Å²) in [7, 11) is 1.29. The topological polar surface area (TPSA) is 86.1 Å². The predicted octanol–water partition coefficient (Wildman–Crippen LogP) is 0.699. The molecular formula is C14H16N4O3. The standard InChI is InChI=1S/C14H16N4O3/c1-21-14(20)13(11-5-3-2-4-6-11)17-12(19)7-8-18-10-15-9-16-18/h2-6,9-10,13H,7-8H2,1H3,(H,17,19). The SMILES string of the molecule is COC(=O)C(NC(=O)CCn1cncn1)c1ccccc1. The van der Waals surface area contributed by atoms with Gasteiger partial charge in [0.25, 0.3) is 0 Å². The lowest BCUT2D eigenvalue weighted by Gasteiger charge is -2.16. The number of rotatable bonds is 6. The van der Waals surface area contributed by atoms with Crippen LogP contribution in [0.2, 0.25) is 0 Å². The van der Waals surface area contributed by atoms with Crippen LogP contribution in [0.25, 0.3) is 0 Å². The molecule has 0 radical (unpaired) electrons. The zero-order chi connectivity index (χ0) is 15.1. The maximum Gasteiger partial charge on any atom is 0.333 e. The van der Waals surface area contributed by atoms with Crippen molar-refractivity contribution in [2.24, 2.45) is 0 Å². The van der Waals surface area contributed by atoms with Crippen molar-refractivity contribution in [2.45, 2.75) is 19.0 Å². The number of nitrogens with one attached hydrogen (secondary N) is 1. The van der Waals surface area contributed by atoms with E-state index in [9.17, 15) is 9.59 Å². The molecule has 0 aliphatic heterocycles. The summed E-state index contributed by atoms with van der Waals surface area (Å²) < 4.78 is 6.29. The Balaban J connectivity index is 1.98. The fourth-order valence-electron chi connectivity index (χ4n) is 1.84. The third-order valence-electron chi connectivity index (χ3n) is 2.91. The molecule has 1 N–H and O–H groups in total. The summed E-state index contributed by atoms with van der Waals surface area (Å²) in [4.78, 5) is 27.6. The van der Waals surface area contributed by atoms with Crippen molar-refractivity contribution in [2.75, 3.05) is 7.11 Å². The Morgan fingerprint density at radius 3 is 2.71 bits per heavy atom. The van der Waals surface area contributed by atoms with Crippen LogP contribution in [0.3, 0.4) is 0 Å². The second kappa shape index (κ2) is 7.18. The molecule has 0 spiro atoms. The number of ether oxygens (including phenoxy) is 1. The minimum absolute atomic E-state index is 0.198. The van der Waals surface area contributed by atoms with Gasteiger partial charge in [-0.05, 0) is 5.56 Å². The Bertz CT molecular complexity index is 584. The first-order valence-electron chi connectivity index (χ1n) is 6.45. The molecule has 7 heteroatoms. The Hall–Kier alpha value is -2.70.